The van der Waals surface area contributed by atoms with Crippen LogP contribution in [0, 0.1) is 11.8 Å². The standard InChI is InChI=1S/C63H56N4O/c1-6-19-41(20-7-1)45-33-35-48(42-21-8-2-9-22-42)53(39-45)46-34-36-49(54(40-46)63-65-61(43-23-10-3-11-24-43)64-62(66-63)44-25-12-4-13-26-44)50-30-18-32-57-58(50)52-37-38-56-59(60(52)68-57)51-29-16-17-31-55(51)67(56)47-27-14-5-15-28-47/h1-10,12,14-23,25,27-30,32-33,36-39,46,48,54-55,61,63,65H,11,13,24,26,31,34-35,40H2,(H,64,66). The third-order valence-corrected chi connectivity index (χ3v) is 15.6. The molecule has 5 nitrogen and oxygen atoms in total. The Kier molecular flexibility index (Phi) is 10.5. The maximum absolute atomic E-state index is 7.15. The molecule has 2 N–H and O–H groups in total. The summed E-state index contributed by atoms with van der Waals surface area (Å²) in [7, 11) is 0. The van der Waals surface area contributed by atoms with Crippen molar-refractivity contribution < 1.29 is 4.42 Å². The van der Waals surface area contributed by atoms with Gasteiger partial charge in [-0.15, -0.1) is 0 Å². The number of amidine groups is 1. The van der Waals surface area contributed by atoms with Gasteiger partial charge in [0.15, 0.2) is 0 Å². The predicted molar refractivity (Wildman–Crippen MR) is 283 cm³/mol. The minimum Gasteiger partial charge on any atom is -0.455 e. The first kappa shape index (κ1) is 41.0. The van der Waals surface area contributed by atoms with Crippen LogP contribution in [0.3, 0.4) is 0 Å². The van der Waals surface area contributed by atoms with Crippen LogP contribution in [0.15, 0.2) is 220 Å². The second-order valence-electron chi connectivity index (χ2n) is 19.5. The third kappa shape index (κ3) is 7.23. The van der Waals surface area contributed by atoms with Crippen LogP contribution >= 0.6 is 0 Å². The molecule has 0 radical (unpaired) electrons. The molecule has 0 fully saturated rings. The summed E-state index contributed by atoms with van der Waals surface area (Å²) in [6.45, 7) is 0. The summed E-state index contributed by atoms with van der Waals surface area (Å²) in [5.41, 5.74) is 17.7. The highest BCUT2D eigenvalue weighted by molar-refractivity contribution is 6.16. The normalized spacial score (nSPS) is 25.4. The van der Waals surface area contributed by atoms with Gasteiger partial charge in [0.25, 0.3) is 0 Å². The van der Waals surface area contributed by atoms with Gasteiger partial charge in [-0.25, -0.2) is 4.99 Å². The minimum absolute atomic E-state index is 0.0688. The van der Waals surface area contributed by atoms with E-state index in [1.165, 1.54) is 77.8 Å². The number of nitrogens with one attached hydrogen (secondary N) is 2. The predicted octanol–water partition coefficient (Wildman–Crippen LogP) is 14.9. The van der Waals surface area contributed by atoms with E-state index < -0.39 is 0 Å². The zero-order chi connectivity index (χ0) is 45.0. The van der Waals surface area contributed by atoms with E-state index in [9.17, 15) is 0 Å². The lowest BCUT2D eigenvalue weighted by Gasteiger charge is -2.43. The molecule has 334 valence electrons. The number of benzene rings is 5. The van der Waals surface area contributed by atoms with Gasteiger partial charge in [-0.1, -0.05) is 169 Å². The fourth-order valence-corrected chi connectivity index (χ4v) is 12.4. The second-order valence-corrected chi connectivity index (χ2v) is 19.5. The average Bonchev–Trinajstić information content (AvgIpc) is 3.98. The molecule has 6 atom stereocenters. The molecule has 0 bridgehead atoms. The molecule has 5 aromatic carbocycles. The van der Waals surface area contributed by atoms with Crippen LogP contribution in [0.1, 0.15) is 79.5 Å². The summed E-state index contributed by atoms with van der Waals surface area (Å²) in [4.78, 5) is 7.99. The number of aliphatic imine (C=N–C) groups is 1. The lowest BCUT2D eigenvalue weighted by atomic mass is 9.68. The lowest BCUT2D eigenvalue weighted by molar-refractivity contribution is 0.299. The second kappa shape index (κ2) is 17.5. The smallest absolute Gasteiger partial charge is 0.145 e. The maximum atomic E-state index is 7.15. The molecule has 6 unspecified atom stereocenters. The van der Waals surface area contributed by atoms with Crippen molar-refractivity contribution in [3.05, 3.63) is 233 Å². The monoisotopic (exact) mass is 884 g/mol. The van der Waals surface area contributed by atoms with E-state index in [0.717, 1.165) is 68.4 Å². The first-order chi connectivity index (χ1) is 33.7. The van der Waals surface area contributed by atoms with Gasteiger partial charge in [-0.3, -0.25) is 5.32 Å². The van der Waals surface area contributed by atoms with Gasteiger partial charge in [0.05, 0.1) is 17.9 Å². The van der Waals surface area contributed by atoms with Gasteiger partial charge < -0.3 is 14.6 Å². The molecule has 3 heterocycles. The molecule has 1 aromatic heterocycles. The van der Waals surface area contributed by atoms with Crippen molar-refractivity contribution in [2.24, 2.45) is 16.8 Å². The summed E-state index contributed by atoms with van der Waals surface area (Å²) in [5, 5.41) is 10.7. The summed E-state index contributed by atoms with van der Waals surface area (Å²) < 4.78 is 7.15. The molecule has 68 heavy (non-hydrogen) atoms. The highest BCUT2D eigenvalue weighted by atomic mass is 16.3. The van der Waals surface area contributed by atoms with Gasteiger partial charge in [0.1, 0.15) is 23.2 Å². The topological polar surface area (TPSA) is 52.8 Å². The fraction of sp³-hybridized carbons (Fsp3) is 0.222. The maximum Gasteiger partial charge on any atom is 0.145 e. The number of allylic oxidation sites excluding steroid dienone is 13. The van der Waals surface area contributed by atoms with E-state index >= 15 is 0 Å². The van der Waals surface area contributed by atoms with E-state index in [0.29, 0.717) is 11.8 Å². The Balaban J connectivity index is 0.969. The van der Waals surface area contributed by atoms with Crippen LogP contribution in [0.25, 0.3) is 38.7 Å². The molecular formula is C63H56N4O. The molecule has 0 spiro atoms. The number of rotatable bonds is 8. The number of nitrogens with zero attached hydrogens (tertiary/aromatic N) is 2. The molecule has 0 amide bonds. The summed E-state index contributed by atoms with van der Waals surface area (Å²) in [6, 6.07) is 44.7. The zero-order valence-corrected chi connectivity index (χ0v) is 38.4. The Labute approximate surface area is 399 Å². The molecule has 2 aliphatic heterocycles. The third-order valence-electron chi connectivity index (χ3n) is 15.6. The SMILES string of the molecule is C1=CCCC(C2=NC(C3=CC=CCC3)NC(C3CC(C4=CC(c5ccccc5)=CCC4c4ccccc4)CC=C3c3cccc4oc5c6c(ccc5c34)N(c3ccccc3)C3CC=CC=C63)N2)=C1. The van der Waals surface area contributed by atoms with Crippen molar-refractivity contribution in [3.63, 3.8) is 0 Å². The number of fused-ring (bicyclic) bond motifs is 7. The van der Waals surface area contributed by atoms with Crippen LogP contribution in [-0.2, 0) is 0 Å². The average molecular weight is 885 g/mol. The summed E-state index contributed by atoms with van der Waals surface area (Å²) in [5.74, 6) is 1.78. The van der Waals surface area contributed by atoms with Gasteiger partial charge in [-0.05, 0) is 132 Å². The Bertz CT molecular complexity index is 3260. The number of furan rings is 1. The highest BCUT2D eigenvalue weighted by Crippen LogP contribution is 2.53. The fourth-order valence-electron chi connectivity index (χ4n) is 12.4. The molecule has 5 heteroatoms. The first-order valence-electron chi connectivity index (χ1n) is 25.0. The molecule has 5 aliphatic carbocycles. The van der Waals surface area contributed by atoms with E-state index in [2.05, 4.69) is 210 Å². The zero-order valence-electron chi connectivity index (χ0n) is 38.4. The van der Waals surface area contributed by atoms with Crippen molar-refractivity contribution in [1.29, 1.82) is 0 Å². The van der Waals surface area contributed by atoms with E-state index in [-0.39, 0.29) is 24.3 Å². The van der Waals surface area contributed by atoms with Crippen LogP contribution in [-0.4, -0.2) is 24.2 Å². The Morgan fingerprint density at radius 2 is 1.47 bits per heavy atom. The van der Waals surface area contributed by atoms with Gasteiger partial charge in [0.2, 0.25) is 0 Å². The largest absolute Gasteiger partial charge is 0.455 e. The summed E-state index contributed by atoms with van der Waals surface area (Å²) >= 11 is 0. The Hall–Kier alpha value is -7.21. The van der Waals surface area contributed by atoms with Gasteiger partial charge in [0, 0.05) is 33.9 Å². The lowest BCUT2D eigenvalue weighted by Crippen LogP contribution is -2.59. The summed E-state index contributed by atoms with van der Waals surface area (Å²) in [6.07, 6.45) is 35.8. The van der Waals surface area contributed by atoms with Crippen molar-refractivity contribution in [1.82, 2.24) is 10.6 Å². The molecule has 0 saturated heterocycles. The Morgan fingerprint density at radius 1 is 0.676 bits per heavy atom. The van der Waals surface area contributed by atoms with Crippen LogP contribution in [0.4, 0.5) is 11.4 Å². The van der Waals surface area contributed by atoms with Gasteiger partial charge >= 0.3 is 0 Å². The van der Waals surface area contributed by atoms with Gasteiger partial charge in [-0.2, -0.15) is 0 Å². The van der Waals surface area contributed by atoms with Crippen LogP contribution < -0.4 is 15.5 Å². The van der Waals surface area contributed by atoms with E-state index in [1.54, 1.807) is 0 Å². The van der Waals surface area contributed by atoms with Crippen molar-refractivity contribution in [3.8, 4) is 0 Å². The number of anilines is 2. The number of hydrogen-bond acceptors (Lipinski definition) is 5. The molecular weight excluding hydrogens is 829 g/mol. The molecule has 6 aromatic rings. The number of para-hydroxylation sites is 1. The first-order valence-corrected chi connectivity index (χ1v) is 25.0. The van der Waals surface area contributed by atoms with E-state index in [1.807, 2.05) is 0 Å². The molecule has 0 saturated carbocycles. The Morgan fingerprint density at radius 3 is 2.28 bits per heavy atom. The highest BCUT2D eigenvalue weighted by Gasteiger charge is 2.41. The van der Waals surface area contributed by atoms with Crippen molar-refractivity contribution >= 4 is 55.9 Å². The minimum atomic E-state index is -0.111. The molecule has 13 rings (SSSR count). The van der Waals surface area contributed by atoms with Crippen LogP contribution in [0.5, 0.6) is 0 Å². The van der Waals surface area contributed by atoms with Crippen molar-refractivity contribution in [2.45, 2.75) is 75.7 Å². The number of hydrogen-bond donors (Lipinski definition) is 2. The van der Waals surface area contributed by atoms with Crippen LogP contribution in [0.2, 0.25) is 0 Å². The van der Waals surface area contributed by atoms with Crippen molar-refractivity contribution in [2.75, 3.05) is 4.90 Å². The quantitative estimate of drug-likeness (QED) is 0.160. The van der Waals surface area contributed by atoms with E-state index in [4.69, 9.17) is 9.41 Å². The molecule has 7 aliphatic rings.